The molecule has 2 aromatic carbocycles. The largest absolute Gasteiger partial charge is 0.497 e. The molecule has 132 valence electrons. The third kappa shape index (κ3) is 5.69. The number of carbonyl (C=O) groups excluding carboxylic acids is 2. The molecule has 0 aromatic heterocycles. The summed E-state index contributed by atoms with van der Waals surface area (Å²) in [6.07, 6.45) is -0.978. The molecule has 1 N–H and O–H groups in total. The van der Waals surface area contributed by atoms with Crippen molar-refractivity contribution in [1.82, 2.24) is 0 Å². The quantitative estimate of drug-likeness (QED) is 0.764. The Hall–Kier alpha value is -2.73. The molecule has 7 heteroatoms. The molecule has 0 spiro atoms. The number of halogens is 1. The van der Waals surface area contributed by atoms with Gasteiger partial charge in [-0.15, -0.1) is 0 Å². The topological polar surface area (TPSA) is 73.9 Å². The number of ether oxygens (including phenoxy) is 3. The number of rotatable bonds is 7. The van der Waals surface area contributed by atoms with Crippen molar-refractivity contribution >= 4 is 29.2 Å². The van der Waals surface area contributed by atoms with Gasteiger partial charge in [0, 0.05) is 11.8 Å². The van der Waals surface area contributed by atoms with E-state index in [2.05, 4.69) is 5.32 Å². The normalized spacial score (nSPS) is 11.3. The number of amides is 1. The first kappa shape index (κ1) is 18.6. The minimum atomic E-state index is -0.978. The van der Waals surface area contributed by atoms with Crippen LogP contribution in [0.2, 0.25) is 5.02 Å². The molecule has 2 aromatic rings. The second kappa shape index (κ2) is 8.94. The molecule has 1 amide bonds. The Morgan fingerprint density at radius 1 is 1.16 bits per heavy atom. The molecular formula is C18H18ClNO5. The molecule has 0 heterocycles. The van der Waals surface area contributed by atoms with E-state index in [-0.39, 0.29) is 6.61 Å². The van der Waals surface area contributed by atoms with Crippen LogP contribution >= 0.6 is 11.6 Å². The lowest BCUT2D eigenvalue weighted by atomic mass is 10.3. The predicted octanol–water partition coefficient (Wildman–Crippen LogP) is 3.30. The molecule has 0 aliphatic carbocycles. The van der Waals surface area contributed by atoms with Crippen molar-refractivity contribution in [2.45, 2.75) is 13.0 Å². The summed E-state index contributed by atoms with van der Waals surface area (Å²) in [6.45, 7) is 1.13. The molecule has 0 saturated heterocycles. The number of anilines is 1. The van der Waals surface area contributed by atoms with Crippen LogP contribution in [0.15, 0.2) is 48.5 Å². The fourth-order valence-corrected chi connectivity index (χ4v) is 2.12. The van der Waals surface area contributed by atoms with Crippen LogP contribution < -0.4 is 14.8 Å². The Balaban J connectivity index is 1.83. The maximum Gasteiger partial charge on any atom is 0.344 e. The highest BCUT2D eigenvalue weighted by Crippen LogP contribution is 2.23. The van der Waals surface area contributed by atoms with Crippen molar-refractivity contribution < 1.29 is 23.8 Å². The Morgan fingerprint density at radius 3 is 2.64 bits per heavy atom. The van der Waals surface area contributed by atoms with Crippen molar-refractivity contribution in [2.75, 3.05) is 19.0 Å². The zero-order chi connectivity index (χ0) is 18.2. The second-order valence-electron chi connectivity index (χ2n) is 5.07. The SMILES string of the molecule is COc1cccc(NC(=O)[C@H](C)OC(=O)COc2ccccc2Cl)c1. The summed E-state index contributed by atoms with van der Waals surface area (Å²) >= 11 is 5.93. The fraction of sp³-hybridized carbons (Fsp3) is 0.222. The Morgan fingerprint density at radius 2 is 1.92 bits per heavy atom. The van der Waals surface area contributed by atoms with E-state index < -0.39 is 18.0 Å². The number of benzene rings is 2. The lowest BCUT2D eigenvalue weighted by Gasteiger charge is -2.14. The van der Waals surface area contributed by atoms with E-state index >= 15 is 0 Å². The van der Waals surface area contributed by atoms with E-state index in [0.717, 1.165) is 0 Å². The van der Waals surface area contributed by atoms with Crippen molar-refractivity contribution in [3.8, 4) is 11.5 Å². The highest BCUT2D eigenvalue weighted by Gasteiger charge is 2.18. The summed E-state index contributed by atoms with van der Waals surface area (Å²) in [5.74, 6) is -0.155. The van der Waals surface area contributed by atoms with Gasteiger partial charge in [-0.25, -0.2) is 4.79 Å². The van der Waals surface area contributed by atoms with Crippen LogP contribution in [0.4, 0.5) is 5.69 Å². The van der Waals surface area contributed by atoms with Gasteiger partial charge < -0.3 is 19.5 Å². The zero-order valence-electron chi connectivity index (χ0n) is 13.8. The van der Waals surface area contributed by atoms with Gasteiger partial charge in [0.05, 0.1) is 12.1 Å². The van der Waals surface area contributed by atoms with Crippen LogP contribution in [-0.4, -0.2) is 31.7 Å². The number of nitrogens with one attached hydrogen (secondary N) is 1. The third-order valence-electron chi connectivity index (χ3n) is 3.20. The summed E-state index contributed by atoms with van der Waals surface area (Å²) in [4.78, 5) is 23.9. The van der Waals surface area contributed by atoms with Crippen molar-refractivity contribution in [3.05, 3.63) is 53.6 Å². The molecule has 0 aliphatic heterocycles. The lowest BCUT2D eigenvalue weighted by molar-refractivity contribution is -0.155. The maximum atomic E-state index is 12.1. The molecule has 25 heavy (non-hydrogen) atoms. The molecule has 0 radical (unpaired) electrons. The second-order valence-corrected chi connectivity index (χ2v) is 5.48. The van der Waals surface area contributed by atoms with Crippen LogP contribution in [0.25, 0.3) is 0 Å². The molecule has 6 nitrogen and oxygen atoms in total. The van der Waals surface area contributed by atoms with E-state index in [4.69, 9.17) is 25.8 Å². The minimum absolute atomic E-state index is 0.347. The Kier molecular flexibility index (Phi) is 6.65. The van der Waals surface area contributed by atoms with Crippen molar-refractivity contribution in [2.24, 2.45) is 0 Å². The monoisotopic (exact) mass is 363 g/mol. The van der Waals surface area contributed by atoms with E-state index in [1.165, 1.54) is 14.0 Å². The predicted molar refractivity (Wildman–Crippen MR) is 94.1 cm³/mol. The van der Waals surface area contributed by atoms with E-state index in [1.807, 2.05) is 0 Å². The average molecular weight is 364 g/mol. The van der Waals surface area contributed by atoms with E-state index in [1.54, 1.807) is 48.5 Å². The van der Waals surface area contributed by atoms with Gasteiger partial charge in [-0.05, 0) is 31.2 Å². The van der Waals surface area contributed by atoms with Crippen LogP contribution in [0, 0.1) is 0 Å². The van der Waals surface area contributed by atoms with Gasteiger partial charge >= 0.3 is 5.97 Å². The van der Waals surface area contributed by atoms with Gasteiger partial charge in [0.25, 0.3) is 5.91 Å². The first-order valence-corrected chi connectivity index (χ1v) is 7.89. The van der Waals surface area contributed by atoms with Crippen LogP contribution in [0.5, 0.6) is 11.5 Å². The van der Waals surface area contributed by atoms with Crippen LogP contribution in [0.3, 0.4) is 0 Å². The first-order valence-electron chi connectivity index (χ1n) is 7.51. The minimum Gasteiger partial charge on any atom is -0.497 e. The summed E-state index contributed by atoms with van der Waals surface area (Å²) in [6, 6.07) is 13.6. The molecule has 2 rings (SSSR count). The van der Waals surface area contributed by atoms with Gasteiger partial charge in [-0.3, -0.25) is 4.79 Å². The smallest absolute Gasteiger partial charge is 0.344 e. The average Bonchev–Trinajstić information content (AvgIpc) is 2.61. The number of esters is 1. The molecule has 0 fully saturated rings. The van der Waals surface area contributed by atoms with Gasteiger partial charge in [0.1, 0.15) is 11.5 Å². The number of carbonyl (C=O) groups is 2. The van der Waals surface area contributed by atoms with E-state index in [0.29, 0.717) is 22.2 Å². The summed E-state index contributed by atoms with van der Waals surface area (Å²) in [7, 11) is 1.53. The molecule has 0 aliphatic rings. The highest BCUT2D eigenvalue weighted by molar-refractivity contribution is 6.32. The van der Waals surface area contributed by atoms with Gasteiger partial charge in [0.15, 0.2) is 12.7 Å². The summed E-state index contributed by atoms with van der Waals surface area (Å²) in [5, 5.41) is 3.03. The summed E-state index contributed by atoms with van der Waals surface area (Å²) < 4.78 is 15.4. The lowest BCUT2D eigenvalue weighted by Crippen LogP contribution is -2.31. The Bertz CT molecular complexity index is 750. The van der Waals surface area contributed by atoms with Gasteiger partial charge in [-0.2, -0.15) is 0 Å². The van der Waals surface area contributed by atoms with Crippen molar-refractivity contribution in [3.63, 3.8) is 0 Å². The molecule has 0 saturated carbocycles. The van der Waals surface area contributed by atoms with Gasteiger partial charge in [0.2, 0.25) is 0 Å². The van der Waals surface area contributed by atoms with Crippen LogP contribution in [0.1, 0.15) is 6.92 Å². The number of methoxy groups -OCH3 is 1. The number of hydrogen-bond donors (Lipinski definition) is 1. The standard InChI is InChI=1S/C18H18ClNO5/c1-12(18(22)20-13-6-5-7-14(10-13)23-2)25-17(21)11-24-16-9-4-3-8-15(16)19/h3-10,12H,11H2,1-2H3,(H,20,22)/t12-/m0/s1. The van der Waals surface area contributed by atoms with Crippen LogP contribution in [-0.2, 0) is 14.3 Å². The highest BCUT2D eigenvalue weighted by atomic mass is 35.5. The molecular weight excluding hydrogens is 346 g/mol. The zero-order valence-corrected chi connectivity index (χ0v) is 14.6. The Labute approximate surface area is 150 Å². The molecule has 0 unspecified atom stereocenters. The third-order valence-corrected chi connectivity index (χ3v) is 3.51. The fourth-order valence-electron chi connectivity index (χ4n) is 1.93. The van der Waals surface area contributed by atoms with E-state index in [9.17, 15) is 9.59 Å². The number of para-hydroxylation sites is 1. The maximum absolute atomic E-state index is 12.1. The molecule has 0 bridgehead atoms. The van der Waals surface area contributed by atoms with Crippen molar-refractivity contribution in [1.29, 1.82) is 0 Å². The number of hydrogen-bond acceptors (Lipinski definition) is 5. The van der Waals surface area contributed by atoms with Gasteiger partial charge in [-0.1, -0.05) is 29.8 Å². The summed E-state index contributed by atoms with van der Waals surface area (Å²) in [5.41, 5.74) is 0.541. The molecule has 1 atom stereocenters. The first-order chi connectivity index (χ1) is 12.0.